The van der Waals surface area contributed by atoms with Crippen LogP contribution in [0.15, 0.2) is 53.1 Å². The molecule has 0 fully saturated rings. The van der Waals surface area contributed by atoms with E-state index in [4.69, 9.17) is 9.68 Å². The number of fused-ring (bicyclic) bond motifs is 3. The quantitative estimate of drug-likeness (QED) is 0.483. The lowest BCUT2D eigenvalue weighted by Crippen LogP contribution is -2.30. The van der Waals surface area contributed by atoms with Crippen LogP contribution in [0.2, 0.25) is 0 Å². The molecule has 4 aromatic rings. The van der Waals surface area contributed by atoms with Crippen molar-refractivity contribution in [1.82, 2.24) is 0 Å². The van der Waals surface area contributed by atoms with Gasteiger partial charge in [-0.15, -0.1) is 0 Å². The van der Waals surface area contributed by atoms with Crippen molar-refractivity contribution >= 4 is 21.9 Å². The maximum absolute atomic E-state index is 9.10. The Hall–Kier alpha value is -3.12. The fraction of sp³-hybridized carbons (Fsp3) is 0.143. The largest absolute Gasteiger partial charge is 0.456 e. The van der Waals surface area contributed by atoms with Crippen molar-refractivity contribution in [2.75, 3.05) is 0 Å². The van der Waals surface area contributed by atoms with E-state index in [1.54, 1.807) is 0 Å². The van der Waals surface area contributed by atoms with Crippen molar-refractivity contribution in [1.29, 1.82) is 5.26 Å². The lowest BCUT2D eigenvalue weighted by atomic mass is 9.94. The zero-order chi connectivity index (χ0) is 16.8. The van der Waals surface area contributed by atoms with Gasteiger partial charge in [0.1, 0.15) is 18.2 Å². The van der Waals surface area contributed by atoms with Crippen molar-refractivity contribution in [2.45, 2.75) is 13.8 Å². The number of nitrogens with zero attached hydrogens (tertiary/aromatic N) is 2. The highest BCUT2D eigenvalue weighted by atomic mass is 16.3. The number of rotatable bonds is 1. The van der Waals surface area contributed by atoms with Crippen LogP contribution in [0.5, 0.6) is 0 Å². The van der Waals surface area contributed by atoms with Crippen LogP contribution in [0, 0.1) is 25.2 Å². The van der Waals surface area contributed by atoms with Gasteiger partial charge in [-0.2, -0.15) is 5.26 Å². The molecule has 4 rings (SSSR count). The summed E-state index contributed by atoms with van der Waals surface area (Å²) in [5.41, 5.74) is 7.05. The first-order chi connectivity index (χ1) is 11.6. The third kappa shape index (κ3) is 2.00. The van der Waals surface area contributed by atoms with E-state index in [-0.39, 0.29) is 0 Å². The van der Waals surface area contributed by atoms with Gasteiger partial charge in [0, 0.05) is 22.9 Å². The van der Waals surface area contributed by atoms with Gasteiger partial charge in [0.25, 0.3) is 0 Å². The van der Waals surface area contributed by atoms with Gasteiger partial charge in [0.2, 0.25) is 5.69 Å². The molecule has 0 atom stereocenters. The first kappa shape index (κ1) is 14.5. The van der Waals surface area contributed by atoms with E-state index < -0.39 is 0 Å². The Morgan fingerprint density at radius 1 is 1.04 bits per heavy atom. The molecule has 0 amide bonds. The van der Waals surface area contributed by atoms with Gasteiger partial charge >= 0.3 is 0 Å². The Bertz CT molecular complexity index is 1150. The first-order valence-electron chi connectivity index (χ1n) is 7.91. The van der Waals surface area contributed by atoms with Gasteiger partial charge in [-0.05, 0) is 55.3 Å². The molecule has 0 aliphatic carbocycles. The Morgan fingerprint density at radius 2 is 1.88 bits per heavy atom. The van der Waals surface area contributed by atoms with Gasteiger partial charge < -0.3 is 4.42 Å². The molecule has 24 heavy (non-hydrogen) atoms. The average molecular weight is 313 g/mol. The number of benzene rings is 2. The molecule has 0 radical (unpaired) electrons. The van der Waals surface area contributed by atoms with Crippen LogP contribution >= 0.6 is 0 Å². The van der Waals surface area contributed by atoms with E-state index in [1.165, 1.54) is 22.4 Å². The van der Waals surface area contributed by atoms with E-state index in [1.807, 2.05) is 24.3 Å². The molecule has 0 unspecified atom stereocenters. The van der Waals surface area contributed by atoms with Gasteiger partial charge in [-0.25, -0.2) is 4.57 Å². The zero-order valence-corrected chi connectivity index (χ0v) is 13.9. The van der Waals surface area contributed by atoms with Crippen LogP contribution in [0.1, 0.15) is 16.7 Å². The molecule has 0 saturated heterocycles. The number of nitriles is 1. The molecule has 2 heterocycles. The lowest BCUT2D eigenvalue weighted by molar-refractivity contribution is -0.660. The summed E-state index contributed by atoms with van der Waals surface area (Å²) in [6.45, 7) is 4.26. The van der Waals surface area contributed by atoms with E-state index >= 15 is 0 Å². The fourth-order valence-electron chi connectivity index (χ4n) is 3.54. The summed E-state index contributed by atoms with van der Waals surface area (Å²) in [5, 5.41) is 11.3. The second kappa shape index (κ2) is 5.21. The molecule has 2 aromatic carbocycles. The summed E-state index contributed by atoms with van der Waals surface area (Å²) in [6.07, 6.45) is 2.06. The number of pyridine rings is 1. The molecule has 116 valence electrons. The molecule has 0 saturated carbocycles. The van der Waals surface area contributed by atoms with E-state index in [0.29, 0.717) is 5.56 Å². The molecule has 0 N–H and O–H groups in total. The van der Waals surface area contributed by atoms with Crippen molar-refractivity contribution in [3.8, 4) is 17.3 Å². The fourth-order valence-corrected chi connectivity index (χ4v) is 3.54. The average Bonchev–Trinajstić information content (AvgIpc) is 2.93. The third-order valence-electron chi connectivity index (χ3n) is 4.65. The summed E-state index contributed by atoms with van der Waals surface area (Å²) < 4.78 is 8.16. The molecule has 0 bridgehead atoms. The summed E-state index contributed by atoms with van der Waals surface area (Å²) >= 11 is 0. The topological polar surface area (TPSA) is 40.8 Å². The number of furan rings is 1. The minimum atomic E-state index is 0.616. The molecule has 2 aromatic heterocycles. The Labute approximate surface area is 140 Å². The lowest BCUT2D eigenvalue weighted by Gasteiger charge is -2.09. The van der Waals surface area contributed by atoms with Crippen LogP contribution in [-0.4, -0.2) is 0 Å². The number of hydrogen-bond acceptors (Lipinski definition) is 2. The standard InChI is InChI=1S/C21H17N2O/c1-13-10-19-21(16-8-7-15(12-22)11-18(16)24-19)14(2)20(13)17-6-4-5-9-23(17)3/h4-11H,1-3H3/q+1. The molecule has 3 nitrogen and oxygen atoms in total. The highest BCUT2D eigenvalue weighted by Gasteiger charge is 2.20. The predicted octanol–water partition coefficient (Wildman–Crippen LogP) is 4.57. The van der Waals surface area contributed by atoms with Gasteiger partial charge in [-0.1, -0.05) is 0 Å². The van der Waals surface area contributed by atoms with Crippen molar-refractivity contribution < 1.29 is 8.98 Å². The molecule has 0 spiro atoms. The number of hydrogen-bond donors (Lipinski definition) is 0. The predicted molar refractivity (Wildman–Crippen MR) is 94.5 cm³/mol. The van der Waals surface area contributed by atoms with Crippen LogP contribution in [0.4, 0.5) is 0 Å². The second-order valence-corrected chi connectivity index (χ2v) is 6.19. The molecular formula is C21H17N2O+. The Balaban J connectivity index is 2.12. The highest BCUT2D eigenvalue weighted by Crippen LogP contribution is 2.37. The zero-order valence-electron chi connectivity index (χ0n) is 13.9. The maximum Gasteiger partial charge on any atom is 0.212 e. The van der Waals surface area contributed by atoms with Gasteiger partial charge in [0.15, 0.2) is 6.20 Å². The summed E-state index contributed by atoms with van der Waals surface area (Å²) in [4.78, 5) is 0. The van der Waals surface area contributed by atoms with Crippen molar-refractivity contribution in [3.63, 3.8) is 0 Å². The van der Waals surface area contributed by atoms with Crippen molar-refractivity contribution in [2.24, 2.45) is 7.05 Å². The molecule has 3 heteroatoms. The first-order valence-corrected chi connectivity index (χ1v) is 7.91. The summed E-state index contributed by atoms with van der Waals surface area (Å²) in [5.74, 6) is 0. The summed E-state index contributed by atoms with van der Waals surface area (Å²) in [6, 6.07) is 16.1. The van der Waals surface area contributed by atoms with E-state index in [0.717, 1.165) is 21.9 Å². The third-order valence-corrected chi connectivity index (χ3v) is 4.65. The van der Waals surface area contributed by atoms with Crippen LogP contribution in [0.3, 0.4) is 0 Å². The van der Waals surface area contributed by atoms with Gasteiger partial charge in [0.05, 0.1) is 17.2 Å². The number of aromatic nitrogens is 1. The maximum atomic E-state index is 9.10. The molecular weight excluding hydrogens is 296 g/mol. The van der Waals surface area contributed by atoms with Crippen LogP contribution in [0.25, 0.3) is 33.2 Å². The minimum absolute atomic E-state index is 0.616. The molecule has 0 aliphatic rings. The SMILES string of the molecule is Cc1cc2oc3cc(C#N)ccc3c2c(C)c1-c1cccc[n+]1C. The summed E-state index contributed by atoms with van der Waals surface area (Å²) in [7, 11) is 2.06. The van der Waals surface area contributed by atoms with E-state index in [9.17, 15) is 0 Å². The Morgan fingerprint density at radius 3 is 2.62 bits per heavy atom. The van der Waals surface area contributed by atoms with Crippen LogP contribution < -0.4 is 4.57 Å². The monoisotopic (exact) mass is 313 g/mol. The number of aryl methyl sites for hydroxylation is 3. The van der Waals surface area contributed by atoms with Crippen molar-refractivity contribution in [3.05, 3.63) is 65.4 Å². The smallest absolute Gasteiger partial charge is 0.212 e. The Kier molecular flexibility index (Phi) is 3.14. The van der Waals surface area contributed by atoms with Crippen LogP contribution in [-0.2, 0) is 7.05 Å². The normalized spacial score (nSPS) is 11.1. The highest BCUT2D eigenvalue weighted by molar-refractivity contribution is 6.09. The molecule has 0 aliphatic heterocycles. The van der Waals surface area contributed by atoms with Gasteiger partial charge in [-0.3, -0.25) is 0 Å². The minimum Gasteiger partial charge on any atom is -0.456 e. The second-order valence-electron chi connectivity index (χ2n) is 6.19. The van der Waals surface area contributed by atoms with E-state index in [2.05, 4.69) is 55.9 Å².